The highest BCUT2D eigenvalue weighted by Crippen LogP contribution is 2.29. The summed E-state index contributed by atoms with van der Waals surface area (Å²) in [6.07, 6.45) is 2.00. The van der Waals surface area contributed by atoms with E-state index in [9.17, 15) is 18.0 Å². The van der Waals surface area contributed by atoms with Gasteiger partial charge in [0.2, 0.25) is 5.91 Å². The van der Waals surface area contributed by atoms with Gasteiger partial charge in [0.05, 0.1) is 29.9 Å². The summed E-state index contributed by atoms with van der Waals surface area (Å²) in [4.78, 5) is 18.9. The highest BCUT2D eigenvalue weighted by molar-refractivity contribution is 5.83. The van der Waals surface area contributed by atoms with E-state index in [0.717, 1.165) is 25.0 Å². The lowest BCUT2D eigenvalue weighted by atomic mass is 10.0. The average Bonchev–Trinajstić information content (AvgIpc) is 3.35. The number of aromatic nitrogens is 3. The first-order valence-corrected chi connectivity index (χ1v) is 9.66. The van der Waals surface area contributed by atoms with Crippen LogP contribution < -0.4 is 0 Å². The quantitative estimate of drug-likeness (QED) is 0.611. The van der Waals surface area contributed by atoms with Crippen molar-refractivity contribution >= 4 is 16.9 Å². The third-order valence-electron chi connectivity index (χ3n) is 5.40. The van der Waals surface area contributed by atoms with Crippen molar-refractivity contribution in [2.24, 2.45) is 0 Å². The van der Waals surface area contributed by atoms with Crippen LogP contribution in [-0.2, 0) is 16.1 Å². The molecule has 2 aromatic heterocycles. The molecule has 1 amide bonds. The Labute approximate surface area is 171 Å². The monoisotopic (exact) mass is 418 g/mol. The molecule has 3 heterocycles. The molecule has 0 spiro atoms. The molecule has 0 bridgehead atoms. The predicted octanol–water partition coefficient (Wildman–Crippen LogP) is 3.81. The molecule has 158 valence electrons. The van der Waals surface area contributed by atoms with E-state index in [1.54, 1.807) is 24.1 Å². The molecule has 1 saturated heterocycles. The number of hydrogen-bond donors (Lipinski definition) is 0. The van der Waals surface area contributed by atoms with Crippen LogP contribution in [0.5, 0.6) is 0 Å². The van der Waals surface area contributed by atoms with E-state index in [1.165, 1.54) is 12.3 Å². The fourth-order valence-corrected chi connectivity index (χ4v) is 3.88. The van der Waals surface area contributed by atoms with Crippen LogP contribution in [0.3, 0.4) is 0 Å². The number of benzene rings is 1. The molecule has 3 aromatic rings. The van der Waals surface area contributed by atoms with Gasteiger partial charge in [-0.25, -0.2) is 13.2 Å². The van der Waals surface area contributed by atoms with Gasteiger partial charge in [-0.05, 0) is 36.6 Å². The van der Waals surface area contributed by atoms with Gasteiger partial charge in [-0.2, -0.15) is 5.10 Å². The molecule has 0 saturated carbocycles. The van der Waals surface area contributed by atoms with Gasteiger partial charge in [0.25, 0.3) is 6.43 Å². The molecule has 9 heteroatoms. The second-order valence-corrected chi connectivity index (χ2v) is 7.31. The number of rotatable bonds is 6. The van der Waals surface area contributed by atoms with Crippen LogP contribution in [-0.4, -0.2) is 51.9 Å². The highest BCUT2D eigenvalue weighted by atomic mass is 19.3. The summed E-state index contributed by atoms with van der Waals surface area (Å²) in [6.45, 7) is 1.22. The molecule has 0 radical (unpaired) electrons. The third-order valence-corrected chi connectivity index (χ3v) is 5.40. The Kier molecular flexibility index (Phi) is 5.72. The van der Waals surface area contributed by atoms with Gasteiger partial charge in [0.15, 0.2) is 0 Å². The van der Waals surface area contributed by atoms with Crippen LogP contribution >= 0.6 is 0 Å². The first kappa shape index (κ1) is 20.3. The van der Waals surface area contributed by atoms with Crippen LogP contribution in [0.1, 0.15) is 24.8 Å². The number of hydrogen-bond acceptors (Lipinski definition) is 4. The highest BCUT2D eigenvalue weighted by Gasteiger charge is 2.29. The predicted molar refractivity (Wildman–Crippen MR) is 104 cm³/mol. The van der Waals surface area contributed by atoms with Crippen molar-refractivity contribution in [1.29, 1.82) is 0 Å². The molecular weight excluding hydrogens is 397 g/mol. The zero-order chi connectivity index (χ0) is 21.3. The van der Waals surface area contributed by atoms with Crippen molar-refractivity contribution < 1.29 is 22.7 Å². The summed E-state index contributed by atoms with van der Waals surface area (Å²) < 4.78 is 46.5. The Bertz CT molecular complexity index is 1070. The van der Waals surface area contributed by atoms with Crippen molar-refractivity contribution in [3.05, 3.63) is 48.0 Å². The Morgan fingerprint density at radius 1 is 1.27 bits per heavy atom. The van der Waals surface area contributed by atoms with Gasteiger partial charge in [0.1, 0.15) is 17.9 Å². The molecule has 0 N–H and O–H groups in total. The number of amides is 1. The molecule has 1 aromatic carbocycles. The minimum atomic E-state index is -2.91. The number of fused-ring (bicyclic) bond motifs is 1. The summed E-state index contributed by atoms with van der Waals surface area (Å²) in [5.74, 6) is -1.01. The maximum atomic E-state index is 13.6. The van der Waals surface area contributed by atoms with Crippen LogP contribution in [0.2, 0.25) is 0 Å². The summed E-state index contributed by atoms with van der Waals surface area (Å²) >= 11 is 0. The SMILES string of the molecule is COC[C@H]1CCCN1C(=O)Cn1ncc2ncc(-c3ccc(F)c(C(F)F)c3)cc21. The van der Waals surface area contributed by atoms with E-state index in [-0.39, 0.29) is 18.5 Å². The van der Waals surface area contributed by atoms with E-state index in [0.29, 0.717) is 35.3 Å². The molecule has 1 fully saturated rings. The smallest absolute Gasteiger partial charge is 0.266 e. The topological polar surface area (TPSA) is 60.2 Å². The number of nitrogens with zero attached hydrogens (tertiary/aromatic N) is 4. The lowest BCUT2D eigenvalue weighted by molar-refractivity contribution is -0.133. The third kappa shape index (κ3) is 3.89. The number of ether oxygens (including phenoxy) is 1. The molecule has 6 nitrogen and oxygen atoms in total. The van der Waals surface area contributed by atoms with Crippen molar-refractivity contribution in [3.63, 3.8) is 0 Å². The second kappa shape index (κ2) is 8.43. The van der Waals surface area contributed by atoms with E-state index >= 15 is 0 Å². The molecule has 30 heavy (non-hydrogen) atoms. The first-order valence-electron chi connectivity index (χ1n) is 9.66. The second-order valence-electron chi connectivity index (χ2n) is 7.31. The Morgan fingerprint density at radius 2 is 2.10 bits per heavy atom. The Balaban J connectivity index is 1.62. The number of carbonyl (C=O) groups is 1. The molecule has 1 atom stereocenters. The number of halogens is 3. The summed E-state index contributed by atoms with van der Waals surface area (Å²) in [5, 5.41) is 4.27. The summed E-state index contributed by atoms with van der Waals surface area (Å²) in [7, 11) is 1.62. The molecule has 4 rings (SSSR count). The molecule has 1 aliphatic rings. The number of alkyl halides is 2. The summed E-state index contributed by atoms with van der Waals surface area (Å²) in [6, 6.07) is 5.35. The average molecular weight is 418 g/mol. The lowest BCUT2D eigenvalue weighted by Crippen LogP contribution is -2.40. The largest absolute Gasteiger partial charge is 0.383 e. The van der Waals surface area contributed by atoms with E-state index < -0.39 is 17.8 Å². The first-order chi connectivity index (χ1) is 14.5. The van der Waals surface area contributed by atoms with Crippen LogP contribution in [0.4, 0.5) is 13.2 Å². The Morgan fingerprint density at radius 3 is 2.87 bits per heavy atom. The lowest BCUT2D eigenvalue weighted by Gasteiger charge is -2.24. The van der Waals surface area contributed by atoms with E-state index in [1.807, 2.05) is 4.90 Å². The van der Waals surface area contributed by atoms with Crippen molar-refractivity contribution in [1.82, 2.24) is 19.7 Å². The maximum Gasteiger partial charge on any atom is 0.266 e. The minimum Gasteiger partial charge on any atom is -0.383 e. The molecular formula is C21H21F3N4O2. The normalized spacial score (nSPS) is 16.7. The number of likely N-dealkylation sites (tertiary alicyclic amines) is 1. The molecule has 1 aliphatic heterocycles. The molecule has 0 aliphatic carbocycles. The van der Waals surface area contributed by atoms with Gasteiger partial charge >= 0.3 is 0 Å². The standard InChI is InChI=1S/C21H21F3N4O2/c1-30-12-15-3-2-6-27(15)20(29)11-28-19-8-14(9-25-18(19)10-26-28)13-4-5-17(22)16(7-13)21(23)24/h4-5,7-10,15,21H,2-3,6,11-12H2,1H3/t15-/m1/s1. The van der Waals surface area contributed by atoms with Crippen molar-refractivity contribution in [2.45, 2.75) is 31.9 Å². The molecule has 0 unspecified atom stereocenters. The van der Waals surface area contributed by atoms with Crippen molar-refractivity contribution in [3.8, 4) is 11.1 Å². The van der Waals surface area contributed by atoms with Crippen LogP contribution in [0.25, 0.3) is 22.2 Å². The number of carbonyl (C=O) groups excluding carboxylic acids is 1. The fraction of sp³-hybridized carbons (Fsp3) is 0.381. The number of pyridine rings is 1. The van der Waals surface area contributed by atoms with Crippen LogP contribution in [0.15, 0.2) is 36.7 Å². The van der Waals surface area contributed by atoms with Gasteiger partial charge < -0.3 is 9.64 Å². The van der Waals surface area contributed by atoms with Gasteiger partial charge in [-0.1, -0.05) is 6.07 Å². The van der Waals surface area contributed by atoms with E-state index in [2.05, 4.69) is 10.1 Å². The van der Waals surface area contributed by atoms with Gasteiger partial charge in [-0.3, -0.25) is 14.5 Å². The number of methoxy groups -OCH3 is 1. The van der Waals surface area contributed by atoms with Crippen molar-refractivity contribution in [2.75, 3.05) is 20.3 Å². The zero-order valence-electron chi connectivity index (χ0n) is 16.4. The van der Waals surface area contributed by atoms with E-state index in [4.69, 9.17) is 4.74 Å². The zero-order valence-corrected chi connectivity index (χ0v) is 16.4. The van der Waals surface area contributed by atoms with Gasteiger partial charge in [-0.15, -0.1) is 0 Å². The van der Waals surface area contributed by atoms with Crippen LogP contribution in [0, 0.1) is 5.82 Å². The fourth-order valence-electron chi connectivity index (χ4n) is 3.88. The van der Waals surface area contributed by atoms with Gasteiger partial charge in [0, 0.05) is 25.4 Å². The summed E-state index contributed by atoms with van der Waals surface area (Å²) in [5.41, 5.74) is 1.48. The Hall–Kier alpha value is -2.94. The minimum absolute atomic E-state index is 0.0422. The maximum absolute atomic E-state index is 13.6.